The highest BCUT2D eigenvalue weighted by molar-refractivity contribution is 7.90. The third kappa shape index (κ3) is 5.43. The molecule has 18 heavy (non-hydrogen) atoms. The van der Waals surface area contributed by atoms with Crippen LogP contribution in [0, 0.1) is 0 Å². The Morgan fingerprint density at radius 2 is 2.11 bits per heavy atom. The molecule has 5 nitrogen and oxygen atoms in total. The first kappa shape index (κ1) is 15.6. The van der Waals surface area contributed by atoms with Crippen molar-refractivity contribution < 1.29 is 8.42 Å². The van der Waals surface area contributed by atoms with E-state index in [2.05, 4.69) is 15.0 Å². The van der Waals surface area contributed by atoms with Gasteiger partial charge in [0.05, 0.1) is 16.5 Å². The van der Waals surface area contributed by atoms with Gasteiger partial charge in [-0.3, -0.25) is 0 Å². The van der Waals surface area contributed by atoms with Crippen molar-refractivity contribution in [3.8, 4) is 0 Å². The highest BCUT2D eigenvalue weighted by atomic mass is 32.2. The first-order valence-electron chi connectivity index (χ1n) is 6.00. The standard InChI is InChI=1S/C11H21N3O2S2/c1-9(2)12-6-10(3)18(15,16)14-5-4-11-7-17-8-13-11/h7-10,12,14H,4-6H2,1-3H3. The van der Waals surface area contributed by atoms with Gasteiger partial charge < -0.3 is 5.32 Å². The van der Waals surface area contributed by atoms with Crippen molar-refractivity contribution in [3.63, 3.8) is 0 Å². The number of aromatic nitrogens is 1. The van der Waals surface area contributed by atoms with E-state index in [4.69, 9.17) is 0 Å². The number of thiazole rings is 1. The van der Waals surface area contributed by atoms with Crippen LogP contribution >= 0.6 is 11.3 Å². The smallest absolute Gasteiger partial charge is 0.215 e. The van der Waals surface area contributed by atoms with Gasteiger partial charge in [0.2, 0.25) is 10.0 Å². The molecule has 0 bridgehead atoms. The van der Waals surface area contributed by atoms with E-state index in [1.54, 1.807) is 12.4 Å². The molecular weight excluding hydrogens is 270 g/mol. The van der Waals surface area contributed by atoms with Crippen LogP contribution in [0.15, 0.2) is 10.9 Å². The van der Waals surface area contributed by atoms with Crippen molar-refractivity contribution >= 4 is 21.4 Å². The maximum absolute atomic E-state index is 11.9. The molecule has 0 amide bonds. The lowest BCUT2D eigenvalue weighted by molar-refractivity contribution is 0.540. The van der Waals surface area contributed by atoms with Crippen LogP contribution in [-0.2, 0) is 16.4 Å². The first-order valence-corrected chi connectivity index (χ1v) is 8.49. The molecule has 0 aliphatic carbocycles. The number of nitrogens with one attached hydrogen (secondary N) is 2. The quantitative estimate of drug-likeness (QED) is 0.749. The summed E-state index contributed by atoms with van der Waals surface area (Å²) in [6.45, 7) is 6.56. The molecular formula is C11H21N3O2S2. The minimum absolute atomic E-state index is 0.289. The lowest BCUT2D eigenvalue weighted by atomic mass is 10.3. The Balaban J connectivity index is 2.34. The van der Waals surface area contributed by atoms with E-state index in [0.29, 0.717) is 19.5 Å². The minimum atomic E-state index is -3.25. The average Bonchev–Trinajstić information content (AvgIpc) is 2.78. The predicted octanol–water partition coefficient (Wildman–Crippen LogP) is 0.991. The largest absolute Gasteiger partial charge is 0.313 e. The Morgan fingerprint density at radius 1 is 1.39 bits per heavy atom. The Morgan fingerprint density at radius 3 is 2.67 bits per heavy atom. The molecule has 0 saturated heterocycles. The SMILES string of the molecule is CC(C)NCC(C)S(=O)(=O)NCCc1cscn1. The second-order valence-electron chi connectivity index (χ2n) is 4.54. The fraction of sp³-hybridized carbons (Fsp3) is 0.727. The topological polar surface area (TPSA) is 71.1 Å². The number of rotatable bonds is 8. The zero-order valence-electron chi connectivity index (χ0n) is 11.0. The van der Waals surface area contributed by atoms with Crippen LogP contribution in [0.5, 0.6) is 0 Å². The molecule has 0 aliphatic rings. The molecule has 0 fully saturated rings. The van der Waals surface area contributed by atoms with Crippen LogP contribution in [-0.4, -0.2) is 37.8 Å². The van der Waals surface area contributed by atoms with E-state index in [9.17, 15) is 8.42 Å². The number of hydrogen-bond acceptors (Lipinski definition) is 5. The van der Waals surface area contributed by atoms with E-state index in [-0.39, 0.29) is 6.04 Å². The molecule has 0 saturated carbocycles. The Hall–Kier alpha value is -0.500. The van der Waals surface area contributed by atoms with Gasteiger partial charge in [-0.25, -0.2) is 18.1 Å². The first-order chi connectivity index (χ1) is 8.42. The summed E-state index contributed by atoms with van der Waals surface area (Å²) in [6.07, 6.45) is 0.632. The zero-order valence-corrected chi connectivity index (χ0v) is 12.6. The van der Waals surface area contributed by atoms with E-state index < -0.39 is 15.3 Å². The summed E-state index contributed by atoms with van der Waals surface area (Å²) >= 11 is 1.52. The van der Waals surface area contributed by atoms with Gasteiger partial charge in [-0.05, 0) is 6.92 Å². The van der Waals surface area contributed by atoms with Crippen molar-refractivity contribution in [2.75, 3.05) is 13.1 Å². The molecule has 1 rings (SSSR count). The third-order valence-electron chi connectivity index (χ3n) is 2.51. The number of hydrogen-bond donors (Lipinski definition) is 2. The Bertz CT molecular complexity index is 429. The molecule has 0 radical (unpaired) electrons. The van der Waals surface area contributed by atoms with E-state index in [0.717, 1.165) is 5.69 Å². The average molecular weight is 291 g/mol. The zero-order chi connectivity index (χ0) is 13.6. The molecule has 0 aromatic carbocycles. The lowest BCUT2D eigenvalue weighted by Crippen LogP contribution is -2.41. The maximum Gasteiger partial charge on any atom is 0.215 e. The fourth-order valence-electron chi connectivity index (χ4n) is 1.34. The fourth-order valence-corrected chi connectivity index (χ4v) is 2.92. The van der Waals surface area contributed by atoms with Gasteiger partial charge in [0.15, 0.2) is 0 Å². The third-order valence-corrected chi connectivity index (χ3v) is 4.98. The normalized spacial score (nSPS) is 14.0. The van der Waals surface area contributed by atoms with Crippen molar-refractivity contribution in [1.29, 1.82) is 0 Å². The minimum Gasteiger partial charge on any atom is -0.313 e. The van der Waals surface area contributed by atoms with Crippen LogP contribution < -0.4 is 10.0 Å². The number of sulfonamides is 1. The van der Waals surface area contributed by atoms with Gasteiger partial charge in [0, 0.05) is 30.9 Å². The second kappa shape index (κ2) is 7.18. The van der Waals surface area contributed by atoms with Crippen LogP contribution in [0.4, 0.5) is 0 Å². The maximum atomic E-state index is 11.9. The summed E-state index contributed by atoms with van der Waals surface area (Å²) in [7, 11) is -3.25. The Kier molecular flexibility index (Phi) is 6.20. The molecule has 2 N–H and O–H groups in total. The summed E-state index contributed by atoms with van der Waals surface area (Å²) < 4.78 is 26.4. The molecule has 1 heterocycles. The second-order valence-corrected chi connectivity index (χ2v) is 7.44. The summed E-state index contributed by atoms with van der Waals surface area (Å²) in [5.74, 6) is 0. The molecule has 0 aliphatic heterocycles. The summed E-state index contributed by atoms with van der Waals surface area (Å²) in [6, 6.07) is 0.289. The van der Waals surface area contributed by atoms with Crippen LogP contribution in [0.3, 0.4) is 0 Å². The monoisotopic (exact) mass is 291 g/mol. The molecule has 1 unspecified atom stereocenters. The van der Waals surface area contributed by atoms with Crippen molar-refractivity contribution in [1.82, 2.24) is 15.0 Å². The van der Waals surface area contributed by atoms with E-state index in [1.165, 1.54) is 11.3 Å². The molecule has 7 heteroatoms. The van der Waals surface area contributed by atoms with Gasteiger partial charge >= 0.3 is 0 Å². The van der Waals surface area contributed by atoms with Gasteiger partial charge in [-0.2, -0.15) is 0 Å². The van der Waals surface area contributed by atoms with Crippen LogP contribution in [0.2, 0.25) is 0 Å². The highest BCUT2D eigenvalue weighted by Gasteiger charge is 2.19. The van der Waals surface area contributed by atoms with Gasteiger partial charge in [-0.1, -0.05) is 13.8 Å². The van der Waals surface area contributed by atoms with E-state index in [1.807, 2.05) is 19.2 Å². The molecule has 0 spiro atoms. The Labute approximate surface area is 113 Å². The summed E-state index contributed by atoms with van der Waals surface area (Å²) in [5, 5.41) is 4.62. The van der Waals surface area contributed by atoms with E-state index >= 15 is 0 Å². The molecule has 1 atom stereocenters. The van der Waals surface area contributed by atoms with Gasteiger partial charge in [0.25, 0.3) is 0 Å². The summed E-state index contributed by atoms with van der Waals surface area (Å²) in [4.78, 5) is 4.11. The molecule has 1 aromatic rings. The van der Waals surface area contributed by atoms with Gasteiger partial charge in [-0.15, -0.1) is 11.3 Å². The molecule has 104 valence electrons. The van der Waals surface area contributed by atoms with Gasteiger partial charge in [0.1, 0.15) is 0 Å². The van der Waals surface area contributed by atoms with Crippen molar-refractivity contribution in [2.24, 2.45) is 0 Å². The van der Waals surface area contributed by atoms with Crippen molar-refractivity contribution in [2.45, 2.75) is 38.5 Å². The predicted molar refractivity (Wildman–Crippen MR) is 75.3 cm³/mol. The molecule has 1 aromatic heterocycles. The van der Waals surface area contributed by atoms with Crippen LogP contribution in [0.25, 0.3) is 0 Å². The number of nitrogens with zero attached hydrogens (tertiary/aromatic N) is 1. The highest BCUT2D eigenvalue weighted by Crippen LogP contribution is 2.02. The summed E-state index contributed by atoms with van der Waals surface area (Å²) in [5.41, 5.74) is 2.68. The lowest BCUT2D eigenvalue weighted by Gasteiger charge is -2.16. The van der Waals surface area contributed by atoms with Crippen LogP contribution in [0.1, 0.15) is 26.5 Å². The van der Waals surface area contributed by atoms with Crippen molar-refractivity contribution in [3.05, 3.63) is 16.6 Å².